The fourth-order valence-electron chi connectivity index (χ4n) is 3.66. The molecule has 2 aromatic carbocycles. The summed E-state index contributed by atoms with van der Waals surface area (Å²) < 4.78 is 33.7. The van der Waals surface area contributed by atoms with Crippen molar-refractivity contribution in [3.05, 3.63) is 33.2 Å². The molecule has 0 bridgehead atoms. The van der Waals surface area contributed by atoms with Crippen molar-refractivity contribution in [3.8, 4) is 11.5 Å². The minimum Gasteiger partial charge on any atom is -0.504 e. The predicted octanol–water partition coefficient (Wildman–Crippen LogP) is 3.14. The number of benzene rings is 2. The zero-order valence-electron chi connectivity index (χ0n) is 19.5. The lowest BCUT2D eigenvalue weighted by Gasteiger charge is -2.43. The van der Waals surface area contributed by atoms with Crippen molar-refractivity contribution in [2.45, 2.75) is 51.5 Å². The van der Waals surface area contributed by atoms with E-state index in [1.807, 2.05) is 0 Å². The van der Waals surface area contributed by atoms with E-state index >= 15 is 0 Å². The number of methoxy groups -OCH3 is 1. The Labute approximate surface area is 222 Å². The molecule has 13 heteroatoms. The van der Waals surface area contributed by atoms with Crippen LogP contribution >= 0.6 is 31.9 Å². The standard InChI is InChI=1S/C23H22Br2O11/c1-9(26)32-18-19(33-10(2)27)21(34-11(3)28)23(36-20(18)22(30)31-4)35-17-8-13-6-15(25)14(24)5-12(13)7-16(17)29/h5-8,18-21,23,29H,1-4H3. The van der Waals surface area contributed by atoms with Crippen molar-refractivity contribution >= 4 is 66.5 Å². The van der Waals surface area contributed by atoms with E-state index in [9.17, 15) is 24.3 Å². The van der Waals surface area contributed by atoms with Crippen molar-refractivity contribution < 1.29 is 52.7 Å². The fourth-order valence-corrected chi connectivity index (χ4v) is 4.38. The largest absolute Gasteiger partial charge is 0.504 e. The number of hydrogen-bond acceptors (Lipinski definition) is 11. The Morgan fingerprint density at radius 2 is 1.31 bits per heavy atom. The molecular weight excluding hydrogens is 612 g/mol. The van der Waals surface area contributed by atoms with Gasteiger partial charge < -0.3 is 33.5 Å². The maximum absolute atomic E-state index is 12.5. The molecule has 2 aromatic rings. The summed E-state index contributed by atoms with van der Waals surface area (Å²) in [6.45, 7) is 3.25. The molecule has 0 saturated carbocycles. The van der Waals surface area contributed by atoms with Gasteiger partial charge in [0, 0.05) is 29.7 Å². The van der Waals surface area contributed by atoms with Gasteiger partial charge in [-0.25, -0.2) is 4.79 Å². The van der Waals surface area contributed by atoms with E-state index in [4.69, 9.17) is 28.4 Å². The van der Waals surface area contributed by atoms with Gasteiger partial charge in [0.2, 0.25) is 12.4 Å². The normalized spacial score (nSPS) is 23.4. The molecule has 1 aliphatic heterocycles. The number of carbonyl (C=O) groups is 4. The predicted molar refractivity (Wildman–Crippen MR) is 129 cm³/mol. The molecule has 1 saturated heterocycles. The number of aromatic hydroxyl groups is 1. The van der Waals surface area contributed by atoms with Gasteiger partial charge in [0.05, 0.1) is 7.11 Å². The van der Waals surface area contributed by atoms with Crippen LogP contribution in [0.15, 0.2) is 33.2 Å². The Balaban J connectivity index is 2.09. The average molecular weight is 634 g/mol. The lowest BCUT2D eigenvalue weighted by atomic mass is 9.97. The minimum absolute atomic E-state index is 0.0880. The van der Waals surface area contributed by atoms with Crippen molar-refractivity contribution in [3.63, 3.8) is 0 Å². The Kier molecular flexibility index (Phi) is 8.80. The van der Waals surface area contributed by atoms with Crippen LogP contribution in [0.3, 0.4) is 0 Å². The van der Waals surface area contributed by atoms with Gasteiger partial charge in [-0.15, -0.1) is 0 Å². The van der Waals surface area contributed by atoms with Gasteiger partial charge in [0.25, 0.3) is 0 Å². The lowest BCUT2D eigenvalue weighted by Crippen LogP contribution is -2.64. The smallest absolute Gasteiger partial charge is 0.339 e. The van der Waals surface area contributed by atoms with Crippen LogP contribution in [0.4, 0.5) is 0 Å². The molecule has 0 radical (unpaired) electrons. The molecule has 0 aliphatic carbocycles. The molecule has 3 rings (SSSR count). The summed E-state index contributed by atoms with van der Waals surface area (Å²) in [6.07, 6.45) is -7.74. The highest BCUT2D eigenvalue weighted by Crippen LogP contribution is 2.38. The Bertz CT molecular complexity index is 1200. The molecule has 194 valence electrons. The second kappa shape index (κ2) is 11.4. The number of esters is 4. The van der Waals surface area contributed by atoms with Crippen LogP contribution < -0.4 is 4.74 Å². The topological polar surface area (TPSA) is 144 Å². The molecular formula is C23H22Br2O11. The van der Waals surface area contributed by atoms with Crippen LogP contribution in [0.25, 0.3) is 10.8 Å². The molecule has 1 heterocycles. The van der Waals surface area contributed by atoms with Crippen molar-refractivity contribution in [2.75, 3.05) is 7.11 Å². The number of phenols is 1. The van der Waals surface area contributed by atoms with E-state index in [0.29, 0.717) is 10.8 Å². The van der Waals surface area contributed by atoms with Crippen LogP contribution in [0.5, 0.6) is 11.5 Å². The number of carbonyl (C=O) groups excluding carboxylic acids is 4. The quantitative estimate of drug-likeness (QED) is 0.370. The number of phenolic OH excluding ortho intramolecular Hbond substituents is 1. The lowest BCUT2D eigenvalue weighted by molar-refractivity contribution is -0.282. The Hall–Kier alpha value is -2.90. The third-order valence-electron chi connectivity index (χ3n) is 5.03. The molecule has 0 aromatic heterocycles. The van der Waals surface area contributed by atoms with Crippen LogP contribution in [0.1, 0.15) is 20.8 Å². The molecule has 11 nitrogen and oxygen atoms in total. The molecule has 1 fully saturated rings. The average Bonchev–Trinajstić information content (AvgIpc) is 2.77. The second-order valence-electron chi connectivity index (χ2n) is 7.72. The van der Waals surface area contributed by atoms with E-state index in [1.165, 1.54) is 12.1 Å². The van der Waals surface area contributed by atoms with Crippen LogP contribution in [0.2, 0.25) is 0 Å². The first-order chi connectivity index (χ1) is 16.9. The maximum Gasteiger partial charge on any atom is 0.339 e. The SMILES string of the molecule is COC(=O)C1OC(Oc2cc3cc(Br)c(Br)cc3cc2O)C(OC(C)=O)C(OC(C)=O)C1OC(C)=O. The summed E-state index contributed by atoms with van der Waals surface area (Å²) in [4.78, 5) is 48.1. The van der Waals surface area contributed by atoms with E-state index in [2.05, 4.69) is 31.9 Å². The first-order valence-corrected chi connectivity index (χ1v) is 12.0. The monoisotopic (exact) mass is 632 g/mol. The van der Waals surface area contributed by atoms with Gasteiger partial charge in [-0.2, -0.15) is 0 Å². The third-order valence-corrected chi connectivity index (χ3v) is 6.88. The molecule has 1 N–H and O–H groups in total. The molecule has 1 aliphatic rings. The molecule has 5 atom stereocenters. The number of fused-ring (bicyclic) bond motifs is 1. The first kappa shape index (κ1) is 27.7. The summed E-state index contributed by atoms with van der Waals surface area (Å²) in [7, 11) is 1.08. The van der Waals surface area contributed by atoms with Gasteiger partial charge >= 0.3 is 23.9 Å². The highest BCUT2D eigenvalue weighted by molar-refractivity contribution is 9.13. The summed E-state index contributed by atoms with van der Waals surface area (Å²) in [5.41, 5.74) is 0. The van der Waals surface area contributed by atoms with Gasteiger partial charge in [0.1, 0.15) is 0 Å². The molecule has 0 spiro atoms. The van der Waals surface area contributed by atoms with Crippen molar-refractivity contribution in [2.24, 2.45) is 0 Å². The zero-order chi connectivity index (χ0) is 26.7. The van der Waals surface area contributed by atoms with E-state index < -0.39 is 54.6 Å². The molecule has 36 heavy (non-hydrogen) atoms. The number of hydrogen-bond donors (Lipinski definition) is 1. The number of ether oxygens (including phenoxy) is 6. The van der Waals surface area contributed by atoms with Crippen LogP contribution in [-0.4, -0.2) is 66.8 Å². The summed E-state index contributed by atoms with van der Waals surface area (Å²) in [5, 5.41) is 11.9. The number of halogens is 2. The fraction of sp³-hybridized carbons (Fsp3) is 0.391. The van der Waals surface area contributed by atoms with Gasteiger partial charge in [-0.3, -0.25) is 14.4 Å². The van der Waals surface area contributed by atoms with Crippen LogP contribution in [-0.2, 0) is 42.9 Å². The highest BCUT2D eigenvalue weighted by atomic mass is 79.9. The maximum atomic E-state index is 12.5. The van der Waals surface area contributed by atoms with Gasteiger partial charge in [0.15, 0.2) is 29.8 Å². The number of rotatable bonds is 6. The van der Waals surface area contributed by atoms with E-state index in [0.717, 1.165) is 36.8 Å². The van der Waals surface area contributed by atoms with Crippen LogP contribution in [0, 0.1) is 0 Å². The minimum atomic E-state index is -1.62. The molecule has 0 amide bonds. The van der Waals surface area contributed by atoms with E-state index in [1.54, 1.807) is 12.1 Å². The first-order valence-electron chi connectivity index (χ1n) is 10.4. The Morgan fingerprint density at radius 1 is 0.806 bits per heavy atom. The van der Waals surface area contributed by atoms with Crippen molar-refractivity contribution in [1.82, 2.24) is 0 Å². The highest BCUT2D eigenvalue weighted by Gasteiger charge is 2.56. The summed E-state index contributed by atoms with van der Waals surface area (Å²) in [6, 6.07) is 6.48. The van der Waals surface area contributed by atoms with Gasteiger partial charge in [-0.05, 0) is 66.9 Å². The van der Waals surface area contributed by atoms with Crippen molar-refractivity contribution in [1.29, 1.82) is 0 Å². The summed E-state index contributed by atoms with van der Waals surface area (Å²) >= 11 is 6.81. The molecule has 5 unspecified atom stereocenters. The third kappa shape index (κ3) is 6.26. The summed E-state index contributed by atoms with van der Waals surface area (Å²) in [5.74, 6) is -3.78. The zero-order valence-corrected chi connectivity index (χ0v) is 22.7. The van der Waals surface area contributed by atoms with Gasteiger partial charge in [-0.1, -0.05) is 0 Å². The Morgan fingerprint density at radius 3 is 1.83 bits per heavy atom. The second-order valence-corrected chi connectivity index (χ2v) is 9.43. The van der Waals surface area contributed by atoms with E-state index in [-0.39, 0.29) is 11.5 Å².